The molecule has 0 saturated carbocycles. The second kappa shape index (κ2) is 14.7. The summed E-state index contributed by atoms with van der Waals surface area (Å²) in [6, 6.07) is 13.0. The van der Waals surface area contributed by atoms with Crippen molar-refractivity contribution in [3.63, 3.8) is 0 Å². The second-order valence-corrected chi connectivity index (χ2v) is 10.7. The van der Waals surface area contributed by atoms with Crippen LogP contribution in [0.15, 0.2) is 48.5 Å². The van der Waals surface area contributed by atoms with Crippen LogP contribution < -0.4 is 10.1 Å². The molecule has 3 N–H and O–H groups in total. The number of benzene rings is 2. The van der Waals surface area contributed by atoms with Crippen LogP contribution in [0, 0.1) is 12.8 Å². The van der Waals surface area contributed by atoms with Crippen LogP contribution in [-0.4, -0.2) is 94.2 Å². The Kier molecular flexibility index (Phi) is 10.8. The molecule has 1 aromatic heterocycles. The Morgan fingerprint density at radius 3 is 2.27 bits per heavy atom. The van der Waals surface area contributed by atoms with Crippen molar-refractivity contribution in [2.24, 2.45) is 5.92 Å². The van der Waals surface area contributed by atoms with Crippen LogP contribution in [0.4, 0.5) is 4.79 Å². The number of carboxylic acids is 2. The van der Waals surface area contributed by atoms with Crippen LogP contribution >= 0.6 is 11.6 Å². The topological polar surface area (TPSA) is 176 Å². The minimum atomic E-state index is -1.43. The summed E-state index contributed by atoms with van der Waals surface area (Å²) in [5.41, 5.74) is 1.21. The van der Waals surface area contributed by atoms with E-state index in [1.807, 2.05) is 0 Å². The molecule has 3 amide bonds. The van der Waals surface area contributed by atoms with E-state index in [1.54, 1.807) is 56.3 Å². The van der Waals surface area contributed by atoms with Gasteiger partial charge < -0.3 is 34.8 Å². The smallest absolute Gasteiger partial charge is 0.409 e. The summed E-state index contributed by atoms with van der Waals surface area (Å²) in [7, 11) is 0. The lowest BCUT2D eigenvalue weighted by molar-refractivity contribution is -0.152. The summed E-state index contributed by atoms with van der Waals surface area (Å²) in [5, 5.41) is 22.9. The van der Waals surface area contributed by atoms with Gasteiger partial charge in [0, 0.05) is 49.7 Å². The van der Waals surface area contributed by atoms with Crippen molar-refractivity contribution in [2.75, 3.05) is 39.3 Å². The predicted molar refractivity (Wildman–Crippen MR) is 162 cm³/mol. The van der Waals surface area contributed by atoms with Crippen molar-refractivity contribution in [3.05, 3.63) is 70.4 Å². The quantitative estimate of drug-likeness (QED) is 0.263. The number of ether oxygens (including phenoxy) is 2. The van der Waals surface area contributed by atoms with Crippen molar-refractivity contribution in [1.29, 1.82) is 0 Å². The van der Waals surface area contributed by atoms with E-state index in [0.29, 0.717) is 10.9 Å². The van der Waals surface area contributed by atoms with E-state index in [4.69, 9.17) is 21.1 Å². The first-order chi connectivity index (χ1) is 21.5. The molecule has 14 heteroatoms. The Hall–Kier alpha value is -4.91. The van der Waals surface area contributed by atoms with E-state index < -0.39 is 41.9 Å². The zero-order valence-electron chi connectivity index (χ0n) is 24.7. The number of rotatable bonds is 11. The van der Waals surface area contributed by atoms with Crippen molar-refractivity contribution in [1.82, 2.24) is 20.1 Å². The largest absolute Gasteiger partial charge is 0.481 e. The van der Waals surface area contributed by atoms with Crippen LogP contribution in [0.2, 0.25) is 5.02 Å². The van der Waals surface area contributed by atoms with E-state index in [0.717, 1.165) is 5.56 Å². The van der Waals surface area contributed by atoms with Gasteiger partial charge in [-0.05, 0) is 38.0 Å². The lowest BCUT2D eigenvalue weighted by Crippen LogP contribution is -2.53. The number of aryl methyl sites for hydroxylation is 1. The molecule has 2 unspecified atom stereocenters. The van der Waals surface area contributed by atoms with Gasteiger partial charge in [0.25, 0.3) is 5.91 Å². The summed E-state index contributed by atoms with van der Waals surface area (Å²) in [6.45, 7) is 4.24. The number of carbonyl (C=O) groups is 5. The maximum Gasteiger partial charge on any atom is 0.409 e. The molecule has 0 radical (unpaired) electrons. The van der Waals surface area contributed by atoms with Crippen molar-refractivity contribution in [2.45, 2.75) is 26.4 Å². The number of hydrogen-bond acceptors (Lipinski definition) is 8. The Morgan fingerprint density at radius 1 is 0.978 bits per heavy atom. The normalized spacial score (nSPS) is 14.4. The molecule has 0 aliphatic carbocycles. The Morgan fingerprint density at radius 2 is 1.64 bits per heavy atom. The summed E-state index contributed by atoms with van der Waals surface area (Å²) >= 11 is 6.46. The summed E-state index contributed by atoms with van der Waals surface area (Å²) < 4.78 is 10.9. The van der Waals surface area contributed by atoms with Crippen LogP contribution in [0.25, 0.3) is 10.9 Å². The molecule has 13 nitrogen and oxygen atoms in total. The van der Waals surface area contributed by atoms with Gasteiger partial charge in [-0.1, -0.05) is 41.9 Å². The molecule has 1 saturated heterocycles. The van der Waals surface area contributed by atoms with E-state index in [1.165, 1.54) is 15.9 Å². The number of carboxylic acid groups (broad SMARTS) is 2. The number of nitrogens with one attached hydrogen (secondary N) is 1. The summed E-state index contributed by atoms with van der Waals surface area (Å²) in [5.74, 6) is -5.28. The zero-order chi connectivity index (χ0) is 32.7. The molecule has 0 spiro atoms. The highest BCUT2D eigenvalue weighted by Crippen LogP contribution is 2.34. The molecule has 2 heterocycles. The third kappa shape index (κ3) is 7.98. The number of carbonyl (C=O) groups excluding carboxylic acids is 3. The standard InChI is InChI=1S/C31H33ClN4O9/c1-3-44-31(43)36-13-11-35(12-14-36)28(38)20(29(39)40)9-10-33-27(37)23-17-24(21-15-18(2)16-22(32)25(21)34-23)45-26(30(41)42)19-7-5-4-6-8-19/h4-8,15-17,20,26H,3,9-14H2,1-2H3,(H,33,37)(H,39,40)(H,41,42). The minimum Gasteiger partial charge on any atom is -0.481 e. The van der Waals surface area contributed by atoms with Crippen LogP contribution in [0.1, 0.15) is 41.1 Å². The molecule has 1 aliphatic heterocycles. The molecular formula is C31H33ClN4O9. The third-order valence-corrected chi connectivity index (χ3v) is 7.50. The average Bonchev–Trinajstić information content (AvgIpc) is 3.01. The Balaban J connectivity index is 1.49. The van der Waals surface area contributed by atoms with Crippen LogP contribution in [0.3, 0.4) is 0 Å². The fourth-order valence-electron chi connectivity index (χ4n) is 4.94. The van der Waals surface area contributed by atoms with Gasteiger partial charge in [-0.2, -0.15) is 0 Å². The van der Waals surface area contributed by atoms with Gasteiger partial charge in [0.15, 0.2) is 0 Å². The van der Waals surface area contributed by atoms with Gasteiger partial charge in [0.1, 0.15) is 17.4 Å². The summed E-state index contributed by atoms with van der Waals surface area (Å²) in [4.78, 5) is 69.5. The van der Waals surface area contributed by atoms with Gasteiger partial charge in [0.2, 0.25) is 12.0 Å². The molecule has 3 aromatic rings. The van der Waals surface area contributed by atoms with Crippen LogP contribution in [-0.2, 0) is 19.1 Å². The molecule has 0 bridgehead atoms. The molecule has 2 aromatic carbocycles. The van der Waals surface area contributed by atoms with Crippen LogP contribution in [0.5, 0.6) is 5.75 Å². The number of hydrogen-bond donors (Lipinski definition) is 3. The zero-order valence-corrected chi connectivity index (χ0v) is 25.5. The molecule has 238 valence electrons. The number of aromatic nitrogens is 1. The summed E-state index contributed by atoms with van der Waals surface area (Å²) in [6.07, 6.45) is -2.09. The predicted octanol–water partition coefficient (Wildman–Crippen LogP) is 3.52. The lowest BCUT2D eigenvalue weighted by Gasteiger charge is -2.35. The lowest BCUT2D eigenvalue weighted by atomic mass is 10.0. The maximum atomic E-state index is 13.2. The first-order valence-electron chi connectivity index (χ1n) is 14.3. The highest BCUT2D eigenvalue weighted by atomic mass is 35.5. The molecule has 1 fully saturated rings. The van der Waals surface area contributed by atoms with Gasteiger partial charge in [-0.15, -0.1) is 0 Å². The first kappa shape index (κ1) is 33.0. The molecule has 45 heavy (non-hydrogen) atoms. The first-order valence-corrected chi connectivity index (χ1v) is 14.6. The fourth-order valence-corrected chi connectivity index (χ4v) is 5.25. The van der Waals surface area contributed by atoms with Crippen molar-refractivity contribution < 1.29 is 43.7 Å². The number of nitrogens with zero attached hydrogens (tertiary/aromatic N) is 3. The highest BCUT2D eigenvalue weighted by Gasteiger charge is 2.33. The van der Waals surface area contributed by atoms with Gasteiger partial charge in [-0.3, -0.25) is 14.4 Å². The van der Waals surface area contributed by atoms with Gasteiger partial charge in [0.05, 0.1) is 17.1 Å². The maximum absolute atomic E-state index is 13.2. The number of pyridine rings is 1. The third-order valence-electron chi connectivity index (χ3n) is 7.21. The monoisotopic (exact) mass is 640 g/mol. The van der Waals surface area contributed by atoms with E-state index in [9.17, 15) is 34.2 Å². The molecule has 2 atom stereocenters. The number of halogens is 1. The minimum absolute atomic E-state index is 0.0626. The number of piperazine rings is 1. The van der Waals surface area contributed by atoms with E-state index in [2.05, 4.69) is 10.3 Å². The van der Waals surface area contributed by atoms with E-state index >= 15 is 0 Å². The average molecular weight is 641 g/mol. The number of fused-ring (bicyclic) bond motifs is 1. The fraction of sp³-hybridized carbons (Fsp3) is 0.355. The van der Waals surface area contributed by atoms with Gasteiger partial charge in [-0.25, -0.2) is 14.6 Å². The van der Waals surface area contributed by atoms with Gasteiger partial charge >= 0.3 is 18.0 Å². The molecule has 1 aliphatic rings. The van der Waals surface area contributed by atoms with Crippen molar-refractivity contribution in [3.8, 4) is 5.75 Å². The Bertz CT molecular complexity index is 1590. The number of aliphatic carboxylic acids is 2. The Labute approximate surface area is 263 Å². The SMILES string of the molecule is CCOC(=O)N1CCN(C(=O)C(CCNC(=O)c2cc(OC(C(=O)O)c3ccccc3)c3cc(C)cc(Cl)c3n2)C(=O)O)CC1. The number of amides is 3. The van der Waals surface area contributed by atoms with E-state index in [-0.39, 0.29) is 67.7 Å². The van der Waals surface area contributed by atoms with Crippen molar-refractivity contribution >= 4 is 52.4 Å². The molecule has 4 rings (SSSR count). The molecular weight excluding hydrogens is 608 g/mol. The highest BCUT2D eigenvalue weighted by molar-refractivity contribution is 6.35. The second-order valence-electron chi connectivity index (χ2n) is 10.3.